The molecule has 0 fully saturated rings. The average Bonchev–Trinajstić information content (AvgIpc) is 2.92. The summed E-state index contributed by atoms with van der Waals surface area (Å²) in [6, 6.07) is 1.87. The average molecular weight is 263 g/mol. The molecule has 3 heterocycles. The standard InChI is InChI=1S/C12H11ClN4O/c1-6-4-5-18-9(6)12-15-14-11-8(3)7(2)10(13)16-17(11)12/h4-5H,1-3H3. The van der Waals surface area contributed by atoms with Gasteiger partial charge in [0, 0.05) is 5.56 Å². The molecular weight excluding hydrogens is 252 g/mol. The van der Waals surface area contributed by atoms with E-state index in [4.69, 9.17) is 16.0 Å². The van der Waals surface area contributed by atoms with Gasteiger partial charge in [-0.3, -0.25) is 0 Å². The van der Waals surface area contributed by atoms with Crippen molar-refractivity contribution in [2.24, 2.45) is 0 Å². The van der Waals surface area contributed by atoms with Crippen LogP contribution in [0, 0.1) is 20.8 Å². The molecule has 0 atom stereocenters. The molecular formula is C12H11ClN4O. The topological polar surface area (TPSA) is 56.2 Å². The summed E-state index contributed by atoms with van der Waals surface area (Å²) in [6.07, 6.45) is 1.62. The largest absolute Gasteiger partial charge is 0.461 e. The maximum absolute atomic E-state index is 6.10. The molecule has 0 saturated carbocycles. The molecule has 0 saturated heterocycles. The van der Waals surface area contributed by atoms with E-state index in [2.05, 4.69) is 15.3 Å². The first kappa shape index (κ1) is 11.2. The molecule has 0 spiro atoms. The van der Waals surface area contributed by atoms with Crippen molar-refractivity contribution >= 4 is 17.2 Å². The molecule has 3 aromatic rings. The lowest BCUT2D eigenvalue weighted by Crippen LogP contribution is -2.00. The van der Waals surface area contributed by atoms with Crippen LogP contribution in [0.15, 0.2) is 16.7 Å². The number of furan rings is 1. The van der Waals surface area contributed by atoms with Gasteiger partial charge in [-0.1, -0.05) is 11.6 Å². The van der Waals surface area contributed by atoms with Gasteiger partial charge < -0.3 is 4.42 Å². The van der Waals surface area contributed by atoms with Gasteiger partial charge in [-0.25, -0.2) is 0 Å². The Hall–Kier alpha value is -1.88. The van der Waals surface area contributed by atoms with Gasteiger partial charge in [0.15, 0.2) is 16.6 Å². The fourth-order valence-electron chi connectivity index (χ4n) is 1.84. The van der Waals surface area contributed by atoms with E-state index in [-0.39, 0.29) is 0 Å². The van der Waals surface area contributed by atoms with Crippen LogP contribution >= 0.6 is 11.6 Å². The third-order valence-electron chi connectivity index (χ3n) is 3.10. The van der Waals surface area contributed by atoms with Gasteiger partial charge in [-0.15, -0.1) is 10.2 Å². The minimum atomic E-state index is 0.449. The summed E-state index contributed by atoms with van der Waals surface area (Å²) in [5.74, 6) is 1.23. The highest BCUT2D eigenvalue weighted by Gasteiger charge is 2.17. The van der Waals surface area contributed by atoms with E-state index in [0.717, 1.165) is 16.7 Å². The van der Waals surface area contributed by atoms with Gasteiger partial charge in [0.05, 0.1) is 6.26 Å². The Morgan fingerprint density at radius 2 is 1.94 bits per heavy atom. The molecule has 0 unspecified atom stereocenters. The Kier molecular flexibility index (Phi) is 2.38. The second-order valence-corrected chi connectivity index (χ2v) is 4.59. The molecule has 5 nitrogen and oxygen atoms in total. The number of aromatic nitrogens is 4. The number of halogens is 1. The molecule has 18 heavy (non-hydrogen) atoms. The van der Waals surface area contributed by atoms with Gasteiger partial charge in [-0.05, 0) is 38.0 Å². The normalized spacial score (nSPS) is 11.3. The molecule has 6 heteroatoms. The molecule has 0 radical (unpaired) electrons. The Morgan fingerprint density at radius 3 is 2.61 bits per heavy atom. The number of hydrogen-bond donors (Lipinski definition) is 0. The Balaban J connectivity index is 2.37. The first-order valence-corrected chi connectivity index (χ1v) is 5.90. The fourth-order valence-corrected chi connectivity index (χ4v) is 2.05. The molecule has 0 N–H and O–H groups in total. The van der Waals surface area contributed by atoms with Gasteiger partial charge in [-0.2, -0.15) is 9.61 Å². The van der Waals surface area contributed by atoms with E-state index < -0.39 is 0 Å². The smallest absolute Gasteiger partial charge is 0.221 e. The molecule has 0 bridgehead atoms. The number of hydrogen-bond acceptors (Lipinski definition) is 4. The lowest BCUT2D eigenvalue weighted by Gasteiger charge is -2.04. The highest BCUT2D eigenvalue weighted by Crippen LogP contribution is 2.26. The van der Waals surface area contributed by atoms with Gasteiger partial charge in [0.25, 0.3) is 0 Å². The van der Waals surface area contributed by atoms with Crippen LogP contribution in [0.5, 0.6) is 0 Å². The zero-order chi connectivity index (χ0) is 12.9. The maximum Gasteiger partial charge on any atom is 0.221 e. The lowest BCUT2D eigenvalue weighted by molar-refractivity contribution is 0.573. The highest BCUT2D eigenvalue weighted by atomic mass is 35.5. The SMILES string of the molecule is Cc1ccoc1-c1nnc2c(C)c(C)c(Cl)nn12. The van der Waals surface area contributed by atoms with Crippen molar-refractivity contribution in [3.8, 4) is 11.6 Å². The first-order chi connectivity index (χ1) is 8.59. The van der Waals surface area contributed by atoms with E-state index in [0.29, 0.717) is 22.4 Å². The second-order valence-electron chi connectivity index (χ2n) is 4.23. The zero-order valence-corrected chi connectivity index (χ0v) is 11.0. The van der Waals surface area contributed by atoms with Crippen molar-refractivity contribution in [2.75, 3.05) is 0 Å². The third-order valence-corrected chi connectivity index (χ3v) is 3.46. The summed E-state index contributed by atoms with van der Waals surface area (Å²) < 4.78 is 7.04. The van der Waals surface area contributed by atoms with Crippen molar-refractivity contribution in [3.05, 3.63) is 34.2 Å². The minimum absolute atomic E-state index is 0.449. The van der Waals surface area contributed by atoms with Crippen molar-refractivity contribution in [1.29, 1.82) is 0 Å². The van der Waals surface area contributed by atoms with Crippen molar-refractivity contribution in [3.63, 3.8) is 0 Å². The van der Waals surface area contributed by atoms with Crippen LogP contribution in [0.25, 0.3) is 17.2 Å². The molecule has 0 aromatic carbocycles. The number of nitrogens with zero attached hydrogens (tertiary/aromatic N) is 4. The van der Waals surface area contributed by atoms with E-state index >= 15 is 0 Å². The molecule has 92 valence electrons. The third kappa shape index (κ3) is 1.44. The Labute approximate surface area is 108 Å². The maximum atomic E-state index is 6.10. The fraction of sp³-hybridized carbons (Fsp3) is 0.250. The van der Waals surface area contributed by atoms with E-state index in [9.17, 15) is 0 Å². The summed E-state index contributed by atoms with van der Waals surface area (Å²) in [5.41, 5.74) is 3.57. The van der Waals surface area contributed by atoms with Crippen LogP contribution in [-0.4, -0.2) is 19.8 Å². The van der Waals surface area contributed by atoms with Crippen molar-refractivity contribution in [1.82, 2.24) is 19.8 Å². The molecule has 0 aliphatic rings. The quantitative estimate of drug-likeness (QED) is 0.677. The number of aryl methyl sites for hydroxylation is 2. The number of rotatable bonds is 1. The summed E-state index contributed by atoms with van der Waals surface area (Å²) in [5, 5.41) is 13.0. The molecule has 0 aliphatic heterocycles. The molecule has 0 amide bonds. The van der Waals surface area contributed by atoms with Crippen LogP contribution in [0.3, 0.4) is 0 Å². The lowest BCUT2D eigenvalue weighted by atomic mass is 10.2. The van der Waals surface area contributed by atoms with Gasteiger partial charge >= 0.3 is 0 Å². The summed E-state index contributed by atoms with van der Waals surface area (Å²) in [6.45, 7) is 5.81. The van der Waals surface area contributed by atoms with Crippen molar-refractivity contribution in [2.45, 2.75) is 20.8 Å². The molecule has 3 aromatic heterocycles. The predicted molar refractivity (Wildman–Crippen MR) is 67.7 cm³/mol. The monoisotopic (exact) mass is 262 g/mol. The van der Waals surface area contributed by atoms with Crippen LogP contribution in [0.1, 0.15) is 16.7 Å². The van der Waals surface area contributed by atoms with E-state index in [1.54, 1.807) is 10.8 Å². The zero-order valence-electron chi connectivity index (χ0n) is 10.2. The second kappa shape index (κ2) is 3.81. The van der Waals surface area contributed by atoms with Crippen LogP contribution in [0.4, 0.5) is 0 Å². The summed E-state index contributed by atoms with van der Waals surface area (Å²) in [7, 11) is 0. The first-order valence-electron chi connectivity index (χ1n) is 5.52. The van der Waals surface area contributed by atoms with E-state index in [1.807, 2.05) is 26.8 Å². The molecule has 0 aliphatic carbocycles. The van der Waals surface area contributed by atoms with Gasteiger partial charge in [0.1, 0.15) is 0 Å². The van der Waals surface area contributed by atoms with Crippen LogP contribution < -0.4 is 0 Å². The van der Waals surface area contributed by atoms with Crippen LogP contribution in [0.2, 0.25) is 5.15 Å². The number of fused-ring (bicyclic) bond motifs is 1. The highest BCUT2D eigenvalue weighted by molar-refractivity contribution is 6.30. The Bertz CT molecular complexity index is 744. The predicted octanol–water partition coefficient (Wildman–Crippen LogP) is 2.96. The Morgan fingerprint density at radius 1 is 1.17 bits per heavy atom. The van der Waals surface area contributed by atoms with Crippen molar-refractivity contribution < 1.29 is 4.42 Å². The summed E-state index contributed by atoms with van der Waals surface area (Å²) >= 11 is 6.10. The molecule has 3 rings (SSSR count). The van der Waals surface area contributed by atoms with Gasteiger partial charge in [0.2, 0.25) is 5.82 Å². The van der Waals surface area contributed by atoms with Crippen LogP contribution in [-0.2, 0) is 0 Å². The van der Waals surface area contributed by atoms with E-state index in [1.165, 1.54) is 0 Å². The summed E-state index contributed by atoms with van der Waals surface area (Å²) in [4.78, 5) is 0. The minimum Gasteiger partial charge on any atom is -0.461 e.